The molecule has 0 radical (unpaired) electrons. The zero-order valence-corrected chi connectivity index (χ0v) is 15.6. The summed E-state index contributed by atoms with van der Waals surface area (Å²) in [6.45, 7) is 1.16. The number of fused-ring (bicyclic) bond motifs is 1. The van der Waals surface area contributed by atoms with Gasteiger partial charge in [0.25, 0.3) is 0 Å². The number of hydrogen-bond donors (Lipinski definition) is 1. The molecule has 2 aliphatic rings. The van der Waals surface area contributed by atoms with Crippen LogP contribution in [0.4, 0.5) is 0 Å². The largest absolute Gasteiger partial charge is 0.355 e. The molecule has 138 valence electrons. The molecule has 0 spiro atoms. The van der Waals surface area contributed by atoms with E-state index in [1.54, 1.807) is 4.31 Å². The van der Waals surface area contributed by atoms with E-state index in [1.807, 2.05) is 18.2 Å². The summed E-state index contributed by atoms with van der Waals surface area (Å²) in [6, 6.07) is 7.99. The van der Waals surface area contributed by atoms with Crippen molar-refractivity contribution in [3.05, 3.63) is 35.4 Å². The molecule has 1 aliphatic heterocycles. The van der Waals surface area contributed by atoms with Gasteiger partial charge >= 0.3 is 0 Å². The van der Waals surface area contributed by atoms with Gasteiger partial charge in [-0.25, -0.2) is 8.42 Å². The van der Waals surface area contributed by atoms with E-state index in [9.17, 15) is 13.2 Å². The van der Waals surface area contributed by atoms with Gasteiger partial charge in [-0.05, 0) is 36.3 Å². The van der Waals surface area contributed by atoms with Gasteiger partial charge in [-0.15, -0.1) is 0 Å². The van der Waals surface area contributed by atoms with Crippen molar-refractivity contribution in [2.45, 2.75) is 51.5 Å². The molecular weight excluding hydrogens is 336 g/mol. The number of rotatable bonds is 6. The van der Waals surface area contributed by atoms with E-state index in [1.165, 1.54) is 24.8 Å². The lowest BCUT2D eigenvalue weighted by molar-refractivity contribution is -0.122. The molecule has 0 bridgehead atoms. The van der Waals surface area contributed by atoms with Crippen LogP contribution in [0, 0.1) is 5.92 Å². The maximum Gasteiger partial charge on any atom is 0.220 e. The number of amides is 1. The van der Waals surface area contributed by atoms with Crippen molar-refractivity contribution in [3.8, 4) is 0 Å². The molecule has 3 rings (SSSR count). The number of hydrogen-bond acceptors (Lipinski definition) is 3. The van der Waals surface area contributed by atoms with Gasteiger partial charge in [-0.1, -0.05) is 43.5 Å². The third-order valence-electron chi connectivity index (χ3n) is 5.37. The average molecular weight is 365 g/mol. The van der Waals surface area contributed by atoms with Crippen molar-refractivity contribution < 1.29 is 13.2 Å². The normalized spacial score (nSPS) is 19.4. The molecule has 1 aromatic rings. The van der Waals surface area contributed by atoms with E-state index >= 15 is 0 Å². The first kappa shape index (κ1) is 18.4. The Labute approximate surface area is 150 Å². The highest BCUT2D eigenvalue weighted by Gasteiger charge is 2.26. The summed E-state index contributed by atoms with van der Waals surface area (Å²) in [6.07, 6.45) is 7.24. The van der Waals surface area contributed by atoms with Crippen LogP contribution in [0.3, 0.4) is 0 Å². The predicted octanol–water partition coefficient (Wildman–Crippen LogP) is 2.46. The fourth-order valence-corrected chi connectivity index (χ4v) is 5.20. The van der Waals surface area contributed by atoms with E-state index in [2.05, 4.69) is 11.4 Å². The molecule has 0 aromatic heterocycles. The average Bonchev–Trinajstić information content (AvgIpc) is 2.62. The second kappa shape index (κ2) is 8.32. The second-order valence-electron chi connectivity index (χ2n) is 7.23. The van der Waals surface area contributed by atoms with Crippen molar-refractivity contribution in [1.29, 1.82) is 0 Å². The zero-order chi connectivity index (χ0) is 17.7. The number of nitrogens with zero attached hydrogens (tertiary/aromatic N) is 1. The maximum absolute atomic E-state index is 12.5. The monoisotopic (exact) mass is 364 g/mol. The molecule has 5 nitrogen and oxygen atoms in total. The predicted molar refractivity (Wildman–Crippen MR) is 98.5 cm³/mol. The number of benzene rings is 1. The van der Waals surface area contributed by atoms with Gasteiger partial charge in [-0.2, -0.15) is 4.31 Å². The van der Waals surface area contributed by atoms with Crippen LogP contribution in [0.25, 0.3) is 0 Å². The van der Waals surface area contributed by atoms with Crippen molar-refractivity contribution >= 4 is 15.9 Å². The molecule has 1 amide bonds. The maximum atomic E-state index is 12.5. The van der Waals surface area contributed by atoms with Crippen LogP contribution in [0.15, 0.2) is 24.3 Å². The lowest BCUT2D eigenvalue weighted by Crippen LogP contribution is -2.40. The molecule has 1 aliphatic carbocycles. The van der Waals surface area contributed by atoms with Gasteiger partial charge in [0, 0.05) is 26.1 Å². The number of sulfonamides is 1. The van der Waals surface area contributed by atoms with Crippen LogP contribution < -0.4 is 5.32 Å². The van der Waals surface area contributed by atoms with Crippen LogP contribution in [-0.4, -0.2) is 37.5 Å². The van der Waals surface area contributed by atoms with Crippen molar-refractivity contribution in [2.24, 2.45) is 5.92 Å². The lowest BCUT2D eigenvalue weighted by Gasteiger charge is -2.28. The molecule has 6 heteroatoms. The fourth-order valence-electron chi connectivity index (χ4n) is 3.88. The van der Waals surface area contributed by atoms with Gasteiger partial charge in [0.2, 0.25) is 15.9 Å². The summed E-state index contributed by atoms with van der Waals surface area (Å²) < 4.78 is 26.6. The number of carbonyl (C=O) groups excluding carboxylic acids is 1. The molecule has 25 heavy (non-hydrogen) atoms. The number of nitrogens with one attached hydrogen (secondary N) is 1. The summed E-state index contributed by atoms with van der Waals surface area (Å²) in [4.78, 5) is 12.0. The van der Waals surface area contributed by atoms with Gasteiger partial charge in [-0.3, -0.25) is 4.79 Å². The van der Waals surface area contributed by atoms with Crippen LogP contribution in [0.5, 0.6) is 0 Å². The first-order valence-corrected chi connectivity index (χ1v) is 11.0. The Morgan fingerprint density at radius 1 is 1.12 bits per heavy atom. The summed E-state index contributed by atoms with van der Waals surface area (Å²) >= 11 is 0. The molecule has 0 saturated heterocycles. The van der Waals surface area contributed by atoms with E-state index in [-0.39, 0.29) is 18.2 Å². The minimum Gasteiger partial charge on any atom is -0.355 e. The highest BCUT2D eigenvalue weighted by atomic mass is 32.2. The van der Waals surface area contributed by atoms with Crippen LogP contribution >= 0.6 is 0 Å². The molecule has 1 saturated carbocycles. The zero-order valence-electron chi connectivity index (χ0n) is 14.7. The Morgan fingerprint density at radius 2 is 1.84 bits per heavy atom. The third kappa shape index (κ3) is 5.05. The smallest absolute Gasteiger partial charge is 0.220 e. The van der Waals surface area contributed by atoms with Crippen LogP contribution in [-0.2, 0) is 27.8 Å². The van der Waals surface area contributed by atoms with Gasteiger partial charge in [0.1, 0.15) is 0 Å². The Hall–Kier alpha value is -1.40. The van der Waals surface area contributed by atoms with Gasteiger partial charge < -0.3 is 5.32 Å². The Bertz CT molecular complexity index is 696. The Morgan fingerprint density at radius 3 is 2.60 bits per heavy atom. The van der Waals surface area contributed by atoms with Crippen LogP contribution in [0.1, 0.15) is 49.7 Å². The highest BCUT2D eigenvalue weighted by molar-refractivity contribution is 7.89. The lowest BCUT2D eigenvalue weighted by atomic mass is 9.87. The summed E-state index contributed by atoms with van der Waals surface area (Å²) in [5, 5.41) is 2.80. The topological polar surface area (TPSA) is 66.5 Å². The van der Waals surface area contributed by atoms with Gasteiger partial charge in [0.15, 0.2) is 0 Å². The minimum atomic E-state index is -3.34. The SMILES string of the molecule is O=C(CC1CCCCC1)NCCS(=O)(=O)N1CCc2ccccc2C1. The quantitative estimate of drug-likeness (QED) is 0.843. The summed E-state index contributed by atoms with van der Waals surface area (Å²) in [5.41, 5.74) is 2.31. The first-order valence-electron chi connectivity index (χ1n) is 9.36. The van der Waals surface area contributed by atoms with E-state index in [0.29, 0.717) is 25.4 Å². The highest BCUT2D eigenvalue weighted by Crippen LogP contribution is 2.26. The van der Waals surface area contributed by atoms with Crippen molar-refractivity contribution in [2.75, 3.05) is 18.8 Å². The van der Waals surface area contributed by atoms with E-state index in [4.69, 9.17) is 0 Å². The van der Waals surface area contributed by atoms with E-state index in [0.717, 1.165) is 24.8 Å². The molecular formula is C19H28N2O3S. The molecule has 1 heterocycles. The third-order valence-corrected chi connectivity index (χ3v) is 7.19. The van der Waals surface area contributed by atoms with Crippen molar-refractivity contribution in [3.63, 3.8) is 0 Å². The standard InChI is InChI=1S/C19H28N2O3S/c22-19(14-16-6-2-1-3-7-16)20-11-13-25(23,24)21-12-10-17-8-4-5-9-18(17)15-21/h4-5,8-9,16H,1-3,6-7,10-15H2,(H,20,22). The fraction of sp³-hybridized carbons (Fsp3) is 0.632. The molecule has 1 N–H and O–H groups in total. The van der Waals surface area contributed by atoms with E-state index < -0.39 is 10.0 Å². The van der Waals surface area contributed by atoms with Gasteiger partial charge in [0.05, 0.1) is 5.75 Å². The Kier molecular flexibility index (Phi) is 6.12. The second-order valence-corrected chi connectivity index (χ2v) is 9.31. The molecule has 0 atom stereocenters. The molecule has 1 aromatic carbocycles. The van der Waals surface area contributed by atoms with Crippen molar-refractivity contribution in [1.82, 2.24) is 9.62 Å². The summed E-state index contributed by atoms with van der Waals surface area (Å²) in [5.74, 6) is 0.445. The summed E-state index contributed by atoms with van der Waals surface area (Å²) in [7, 11) is -3.34. The molecule has 1 fully saturated rings. The Balaban J connectivity index is 1.45. The molecule has 0 unspecified atom stereocenters. The first-order chi connectivity index (χ1) is 12.0. The minimum absolute atomic E-state index is 0.00825. The van der Waals surface area contributed by atoms with Crippen LogP contribution in [0.2, 0.25) is 0 Å². The number of carbonyl (C=O) groups is 1.